The van der Waals surface area contributed by atoms with E-state index in [0.717, 1.165) is 4.80 Å². The van der Waals surface area contributed by atoms with E-state index in [9.17, 15) is 22.8 Å². The Kier molecular flexibility index (Phi) is 6.75. The molecule has 2 amide bonds. The number of anilines is 1. The molecule has 36 heavy (non-hydrogen) atoms. The molecule has 2 heterocycles. The van der Waals surface area contributed by atoms with Crippen molar-refractivity contribution >= 4 is 29.1 Å². The molecule has 4 aromatic rings. The molecule has 0 radical (unpaired) electrons. The molecule has 14 heteroatoms. The standard InChI is InChI=1S/C22H18ClF3N8O2/c1-12-8-13(23)9-16(19(35)27-2)18(12)28-20(36)17-10-14(30-34(17)15-6-4-3-5-7-15)11-33-31-21(29-32-33)22(24,25)26/h3-10H,11H2,1-2H3,(H,27,35)(H,28,36). The summed E-state index contributed by atoms with van der Waals surface area (Å²) in [5, 5.41) is 19.7. The van der Waals surface area contributed by atoms with E-state index in [1.807, 2.05) is 0 Å². The Morgan fingerprint density at radius 3 is 2.42 bits per heavy atom. The Balaban J connectivity index is 1.72. The minimum atomic E-state index is -4.74. The number of rotatable bonds is 6. The van der Waals surface area contributed by atoms with Gasteiger partial charge in [-0.25, -0.2) is 4.68 Å². The number of carbonyl (C=O) groups excluding carboxylic acids is 2. The Bertz CT molecular complexity index is 1430. The fourth-order valence-corrected chi connectivity index (χ4v) is 3.68. The lowest BCUT2D eigenvalue weighted by Crippen LogP contribution is -2.23. The maximum Gasteiger partial charge on any atom is 0.455 e. The molecular formula is C22H18ClF3N8O2. The van der Waals surface area contributed by atoms with Gasteiger partial charge in [0.15, 0.2) is 0 Å². The number of alkyl halides is 3. The van der Waals surface area contributed by atoms with E-state index < -0.39 is 23.8 Å². The normalized spacial score (nSPS) is 11.4. The van der Waals surface area contributed by atoms with Crippen LogP contribution in [0.2, 0.25) is 5.02 Å². The summed E-state index contributed by atoms with van der Waals surface area (Å²) in [7, 11) is 1.45. The van der Waals surface area contributed by atoms with Crippen LogP contribution in [0.1, 0.15) is 37.9 Å². The predicted molar refractivity (Wildman–Crippen MR) is 123 cm³/mol. The van der Waals surface area contributed by atoms with Gasteiger partial charge in [-0.3, -0.25) is 9.59 Å². The molecular weight excluding hydrogens is 501 g/mol. The SMILES string of the molecule is CNC(=O)c1cc(Cl)cc(C)c1NC(=O)c1cc(Cn2nnc(C(F)(F)F)n2)nn1-c1ccccc1. The highest BCUT2D eigenvalue weighted by Crippen LogP contribution is 2.27. The van der Waals surface area contributed by atoms with E-state index in [1.165, 1.54) is 23.9 Å². The van der Waals surface area contributed by atoms with Crippen LogP contribution in [-0.2, 0) is 12.7 Å². The lowest BCUT2D eigenvalue weighted by molar-refractivity contribution is -0.145. The molecule has 2 aromatic carbocycles. The highest BCUT2D eigenvalue weighted by molar-refractivity contribution is 6.31. The smallest absolute Gasteiger partial charge is 0.355 e. The molecule has 0 aliphatic heterocycles. The third kappa shape index (κ3) is 5.20. The van der Waals surface area contributed by atoms with Crippen molar-refractivity contribution in [3.05, 3.63) is 81.9 Å². The average Bonchev–Trinajstić information content (AvgIpc) is 3.48. The van der Waals surface area contributed by atoms with Crippen molar-refractivity contribution in [3.8, 4) is 5.69 Å². The second kappa shape index (κ2) is 9.77. The van der Waals surface area contributed by atoms with E-state index in [0.29, 0.717) is 16.3 Å². The summed E-state index contributed by atoms with van der Waals surface area (Å²) >= 11 is 6.10. The second-order valence-electron chi connectivity index (χ2n) is 7.59. The number of aryl methyl sites for hydroxylation is 1. The van der Waals surface area contributed by atoms with Gasteiger partial charge in [0.25, 0.3) is 17.6 Å². The third-order valence-electron chi connectivity index (χ3n) is 5.01. The molecule has 186 valence electrons. The Labute approximate surface area is 207 Å². The van der Waals surface area contributed by atoms with E-state index in [-0.39, 0.29) is 29.2 Å². The first-order chi connectivity index (χ1) is 17.1. The first-order valence-corrected chi connectivity index (χ1v) is 10.8. The third-order valence-corrected chi connectivity index (χ3v) is 5.23. The summed E-state index contributed by atoms with van der Waals surface area (Å²) < 4.78 is 39.8. The van der Waals surface area contributed by atoms with Crippen LogP contribution in [0.25, 0.3) is 5.69 Å². The van der Waals surface area contributed by atoms with E-state index in [4.69, 9.17) is 11.6 Å². The number of tetrazole rings is 1. The number of nitrogens with one attached hydrogen (secondary N) is 2. The number of carbonyl (C=O) groups is 2. The van der Waals surface area contributed by atoms with Crippen LogP contribution >= 0.6 is 11.6 Å². The van der Waals surface area contributed by atoms with Crippen molar-refractivity contribution in [3.63, 3.8) is 0 Å². The molecule has 10 nitrogen and oxygen atoms in total. The Morgan fingerprint density at radius 2 is 1.78 bits per heavy atom. The summed E-state index contributed by atoms with van der Waals surface area (Å²) in [5.74, 6) is -2.45. The highest BCUT2D eigenvalue weighted by Gasteiger charge is 2.36. The average molecular weight is 519 g/mol. The lowest BCUT2D eigenvalue weighted by atomic mass is 10.1. The largest absolute Gasteiger partial charge is 0.455 e. The van der Waals surface area contributed by atoms with Crippen LogP contribution in [0, 0.1) is 6.92 Å². The first-order valence-electron chi connectivity index (χ1n) is 10.4. The number of nitrogens with zero attached hydrogens (tertiary/aromatic N) is 6. The van der Waals surface area contributed by atoms with Crippen molar-refractivity contribution in [1.82, 2.24) is 35.3 Å². The van der Waals surface area contributed by atoms with Gasteiger partial charge in [-0.2, -0.15) is 23.1 Å². The van der Waals surface area contributed by atoms with E-state index in [1.54, 1.807) is 43.3 Å². The van der Waals surface area contributed by atoms with Gasteiger partial charge in [-0.05, 0) is 48.0 Å². The maximum atomic E-state index is 13.4. The van der Waals surface area contributed by atoms with E-state index in [2.05, 4.69) is 31.1 Å². The highest BCUT2D eigenvalue weighted by atomic mass is 35.5. The van der Waals surface area contributed by atoms with Crippen LogP contribution in [-0.4, -0.2) is 48.8 Å². The van der Waals surface area contributed by atoms with Crippen LogP contribution in [0.4, 0.5) is 18.9 Å². The van der Waals surface area contributed by atoms with Gasteiger partial charge in [-0.1, -0.05) is 29.8 Å². The molecule has 0 aliphatic rings. The quantitative estimate of drug-likeness (QED) is 0.403. The molecule has 0 bridgehead atoms. The summed E-state index contributed by atoms with van der Waals surface area (Å²) in [6.45, 7) is 1.41. The molecule has 2 aromatic heterocycles. The molecule has 0 atom stereocenters. The number of aromatic nitrogens is 6. The molecule has 0 spiro atoms. The first kappa shape index (κ1) is 24.9. The van der Waals surface area contributed by atoms with Crippen molar-refractivity contribution in [2.45, 2.75) is 19.6 Å². The van der Waals surface area contributed by atoms with Crippen LogP contribution < -0.4 is 10.6 Å². The summed E-state index contributed by atoms with van der Waals surface area (Å²) in [4.78, 5) is 26.5. The van der Waals surface area contributed by atoms with Crippen molar-refractivity contribution in [2.75, 3.05) is 12.4 Å². The van der Waals surface area contributed by atoms with Gasteiger partial charge in [0.2, 0.25) is 0 Å². The fraction of sp³-hybridized carbons (Fsp3) is 0.182. The van der Waals surface area contributed by atoms with Gasteiger partial charge < -0.3 is 10.6 Å². The zero-order chi connectivity index (χ0) is 26.0. The topological polar surface area (TPSA) is 120 Å². The van der Waals surface area contributed by atoms with Crippen LogP contribution in [0.15, 0.2) is 48.5 Å². The summed E-state index contributed by atoms with van der Waals surface area (Å²) in [5.41, 5.74) is 1.74. The zero-order valence-corrected chi connectivity index (χ0v) is 19.6. The number of hydrogen-bond donors (Lipinski definition) is 2. The van der Waals surface area contributed by atoms with Crippen LogP contribution in [0.5, 0.6) is 0 Å². The number of benzene rings is 2. The molecule has 2 N–H and O–H groups in total. The molecule has 0 unspecified atom stereocenters. The van der Waals surface area contributed by atoms with Gasteiger partial charge in [-0.15, -0.1) is 10.2 Å². The lowest BCUT2D eigenvalue weighted by Gasteiger charge is -2.14. The fourth-order valence-electron chi connectivity index (χ4n) is 3.40. The Morgan fingerprint density at radius 1 is 1.06 bits per heavy atom. The molecule has 0 saturated heterocycles. The van der Waals surface area contributed by atoms with Gasteiger partial charge in [0.1, 0.15) is 12.2 Å². The molecule has 0 aliphatic carbocycles. The molecule has 0 saturated carbocycles. The number of hydrogen-bond acceptors (Lipinski definition) is 6. The zero-order valence-electron chi connectivity index (χ0n) is 18.8. The Hall–Kier alpha value is -4.26. The number of amides is 2. The second-order valence-corrected chi connectivity index (χ2v) is 8.02. The van der Waals surface area contributed by atoms with Crippen LogP contribution in [0.3, 0.4) is 0 Å². The molecule has 4 rings (SSSR count). The minimum absolute atomic E-state index is 0.0598. The van der Waals surface area contributed by atoms with Gasteiger partial charge in [0.05, 0.1) is 22.6 Å². The summed E-state index contributed by atoms with van der Waals surface area (Å²) in [6, 6.07) is 13.1. The number of halogens is 4. The van der Waals surface area contributed by atoms with Gasteiger partial charge in [0, 0.05) is 12.1 Å². The van der Waals surface area contributed by atoms with Gasteiger partial charge >= 0.3 is 6.18 Å². The maximum absolute atomic E-state index is 13.4. The van der Waals surface area contributed by atoms with Crippen molar-refractivity contribution in [2.24, 2.45) is 0 Å². The molecule has 0 fully saturated rings. The summed E-state index contributed by atoms with van der Waals surface area (Å²) in [6.07, 6.45) is -4.74. The van der Waals surface area contributed by atoms with Crippen molar-refractivity contribution in [1.29, 1.82) is 0 Å². The van der Waals surface area contributed by atoms with E-state index >= 15 is 0 Å². The predicted octanol–water partition coefficient (Wildman–Crippen LogP) is 3.50. The van der Waals surface area contributed by atoms with Crippen molar-refractivity contribution < 1.29 is 22.8 Å². The number of para-hydroxylation sites is 1. The minimum Gasteiger partial charge on any atom is -0.355 e. The monoisotopic (exact) mass is 518 g/mol.